The number of nitrogens with zero attached hydrogens (tertiary/aromatic N) is 6. The van der Waals surface area contributed by atoms with E-state index in [9.17, 15) is 0 Å². The topological polar surface area (TPSA) is 62.6 Å². The van der Waals surface area contributed by atoms with Crippen molar-refractivity contribution in [2.24, 2.45) is 0 Å². The van der Waals surface area contributed by atoms with Crippen LogP contribution < -0.4 is 4.98 Å². The van der Waals surface area contributed by atoms with Crippen molar-refractivity contribution < 1.29 is 21.1 Å². The molecule has 0 atom stereocenters. The number of hydrogen-bond donors (Lipinski definition) is 0. The summed E-state index contributed by atoms with van der Waals surface area (Å²) >= 11 is 0. The van der Waals surface area contributed by atoms with Gasteiger partial charge in [-0.25, -0.2) is 9.97 Å². The van der Waals surface area contributed by atoms with Gasteiger partial charge in [-0.3, -0.25) is 9.55 Å². The molecule has 0 aliphatic rings. The normalized spacial score (nSPS) is 11.9. The van der Waals surface area contributed by atoms with Crippen molar-refractivity contribution in [3.63, 3.8) is 0 Å². The van der Waals surface area contributed by atoms with Gasteiger partial charge in [0.15, 0.2) is 0 Å². The van der Waals surface area contributed by atoms with Gasteiger partial charge in [-0.05, 0) is 92.3 Å². The van der Waals surface area contributed by atoms with E-state index in [4.69, 9.17) is 15.0 Å². The molecule has 0 unspecified atom stereocenters. The maximum absolute atomic E-state index is 5.52. The van der Waals surface area contributed by atoms with Crippen molar-refractivity contribution in [2.75, 3.05) is 0 Å². The predicted molar refractivity (Wildman–Crippen MR) is 233 cm³/mol. The molecule has 6 nitrogen and oxygen atoms in total. The number of aromatic nitrogens is 6. The van der Waals surface area contributed by atoms with Crippen LogP contribution in [0.1, 0.15) is 26.3 Å². The minimum atomic E-state index is -0.00828. The second kappa shape index (κ2) is 13.8. The monoisotopic (exact) mass is 927 g/mol. The van der Waals surface area contributed by atoms with Crippen LogP contribution in [-0.4, -0.2) is 24.1 Å². The number of imidazole rings is 1. The van der Waals surface area contributed by atoms with E-state index in [-0.39, 0.29) is 26.5 Å². The molecule has 0 amide bonds. The molecule has 6 aromatic carbocycles. The Hall–Kier alpha value is -6.62. The summed E-state index contributed by atoms with van der Waals surface area (Å²) in [7, 11) is 0. The Morgan fingerprint density at radius 3 is 2.19 bits per heavy atom. The van der Waals surface area contributed by atoms with Crippen LogP contribution in [0.4, 0.5) is 0 Å². The molecular formula is C51H36N6Pt. The van der Waals surface area contributed by atoms with Gasteiger partial charge in [0, 0.05) is 35.4 Å². The number of benzene rings is 6. The molecule has 0 saturated heterocycles. The summed E-state index contributed by atoms with van der Waals surface area (Å²) in [5.74, 6) is 1.68. The largest absolute Gasteiger partial charge is 2.00 e. The summed E-state index contributed by atoms with van der Waals surface area (Å²) in [6.07, 6.45) is 5.54. The van der Waals surface area contributed by atoms with Crippen molar-refractivity contribution >= 4 is 54.6 Å². The molecule has 0 radical (unpaired) electrons. The van der Waals surface area contributed by atoms with E-state index in [2.05, 4.69) is 168 Å². The van der Waals surface area contributed by atoms with Crippen molar-refractivity contribution in [3.8, 4) is 45.1 Å². The summed E-state index contributed by atoms with van der Waals surface area (Å²) < 4.78 is 4.52. The zero-order valence-corrected chi connectivity index (χ0v) is 34.4. The van der Waals surface area contributed by atoms with Crippen LogP contribution in [-0.2, 0) is 26.5 Å². The molecular weight excluding hydrogens is 892 g/mol. The van der Waals surface area contributed by atoms with Gasteiger partial charge >= 0.3 is 21.1 Å². The second-order valence-corrected chi connectivity index (χ2v) is 15.7. The minimum Gasteiger partial charge on any atom is -0.656 e. The Balaban J connectivity index is 0.00000408. The molecule has 11 aromatic rings. The number of para-hydroxylation sites is 4. The fourth-order valence-corrected chi connectivity index (χ4v) is 8.39. The van der Waals surface area contributed by atoms with Crippen molar-refractivity contribution in [1.29, 1.82) is 0 Å². The fraction of sp³-hybridized carbons (Fsp3) is 0.0784. The maximum atomic E-state index is 5.52. The number of hydrogen-bond acceptors (Lipinski definition) is 3. The van der Waals surface area contributed by atoms with E-state index >= 15 is 0 Å². The third-order valence-electron chi connectivity index (χ3n) is 11.2. The third kappa shape index (κ3) is 5.70. The quantitative estimate of drug-likeness (QED) is 0.161. The summed E-state index contributed by atoms with van der Waals surface area (Å²) in [6.45, 7) is 6.78. The zero-order chi connectivity index (χ0) is 38.3. The first-order valence-electron chi connectivity index (χ1n) is 19.3. The molecule has 0 aliphatic heterocycles. The van der Waals surface area contributed by atoms with Crippen molar-refractivity contribution in [3.05, 3.63) is 176 Å². The van der Waals surface area contributed by atoms with Crippen molar-refractivity contribution in [1.82, 2.24) is 29.1 Å². The summed E-state index contributed by atoms with van der Waals surface area (Å²) in [5, 5.41) is 4.57. The average Bonchev–Trinajstić information content (AvgIpc) is 3.93. The Kier molecular flexibility index (Phi) is 8.50. The Bertz CT molecular complexity index is 3330. The molecule has 0 aliphatic carbocycles. The smallest absolute Gasteiger partial charge is 0.656 e. The van der Waals surface area contributed by atoms with Crippen LogP contribution in [0.5, 0.6) is 0 Å². The predicted octanol–water partition coefficient (Wildman–Crippen LogP) is 12.3. The van der Waals surface area contributed by atoms with Crippen LogP contribution >= 0.6 is 0 Å². The molecule has 0 N–H and O–H groups in total. The Labute approximate surface area is 350 Å². The molecule has 0 fully saturated rings. The van der Waals surface area contributed by atoms with Crippen LogP contribution in [0.25, 0.3) is 99.8 Å². The first kappa shape index (κ1) is 35.8. The number of pyridine rings is 2. The van der Waals surface area contributed by atoms with Crippen LogP contribution in [0.2, 0.25) is 0 Å². The standard InChI is InChI=1S/C51H36N6.Pt/c1-51(2,3)35-20-22-44-42(31-35)39-21-19-34(29-46(39)57(44)47-30-33(25-28-53-47)32-23-26-52-27-24-32)37-14-10-18-45-49(37)55-50(56(45)36-11-5-4-6-12-36)41-16-9-15-40-38-13-7-8-17-43(38)54-48(40)41;/h4-28,30-31H,1-3H3;/q-2;+2. The summed E-state index contributed by atoms with van der Waals surface area (Å²) in [4.78, 5) is 19.9. The van der Waals surface area contributed by atoms with Gasteiger partial charge in [-0.1, -0.05) is 117 Å². The Morgan fingerprint density at radius 1 is 0.586 bits per heavy atom. The minimum absolute atomic E-state index is 0. The first-order chi connectivity index (χ1) is 27.9. The van der Waals surface area contributed by atoms with Gasteiger partial charge in [0.05, 0.1) is 11.0 Å². The van der Waals surface area contributed by atoms with Gasteiger partial charge in [0.2, 0.25) is 0 Å². The van der Waals surface area contributed by atoms with Crippen molar-refractivity contribution in [2.45, 2.75) is 26.2 Å². The van der Waals surface area contributed by atoms with E-state index in [0.29, 0.717) is 0 Å². The van der Waals surface area contributed by atoms with Gasteiger partial charge in [-0.2, -0.15) is 0 Å². The zero-order valence-electron chi connectivity index (χ0n) is 32.1. The van der Waals surface area contributed by atoms with Crippen LogP contribution in [0.15, 0.2) is 164 Å². The molecule has 58 heavy (non-hydrogen) atoms. The Morgan fingerprint density at radius 2 is 1.34 bits per heavy atom. The SMILES string of the molecule is CC(C)(C)c1ccc2c(c1)c1ccc(-c3cccc4c3nc(-c3cccc5c3[n-]c3ccccc35)n4-c3ccccc3)[c-]c1n2-c1cc(-c2ccncc2)ccn1.[Pt+2]. The van der Waals surface area contributed by atoms with Crippen LogP contribution in [0, 0.1) is 6.07 Å². The number of rotatable bonds is 5. The first-order valence-corrected chi connectivity index (χ1v) is 19.3. The number of fused-ring (bicyclic) bond motifs is 7. The average molecular weight is 928 g/mol. The molecule has 5 aromatic heterocycles. The molecule has 11 rings (SSSR count). The van der Waals surface area contributed by atoms with E-state index in [1.54, 1.807) is 0 Å². The van der Waals surface area contributed by atoms with E-state index in [1.165, 1.54) is 10.9 Å². The molecule has 280 valence electrons. The van der Waals surface area contributed by atoms with Gasteiger partial charge in [0.25, 0.3) is 0 Å². The fourth-order valence-electron chi connectivity index (χ4n) is 8.39. The van der Waals surface area contributed by atoms with Crippen LogP contribution in [0.3, 0.4) is 0 Å². The summed E-state index contributed by atoms with van der Waals surface area (Å²) in [6, 6.07) is 55.1. The molecule has 0 spiro atoms. The molecule has 5 heterocycles. The van der Waals surface area contributed by atoms with Gasteiger partial charge < -0.3 is 9.55 Å². The molecule has 0 bridgehead atoms. The van der Waals surface area contributed by atoms with E-state index in [1.807, 2.05) is 36.8 Å². The molecule has 7 heteroatoms. The summed E-state index contributed by atoms with van der Waals surface area (Å²) in [5.41, 5.74) is 13.3. The maximum Gasteiger partial charge on any atom is 2.00 e. The van der Waals surface area contributed by atoms with Gasteiger partial charge in [0.1, 0.15) is 11.6 Å². The molecule has 0 saturated carbocycles. The third-order valence-corrected chi connectivity index (χ3v) is 11.2. The van der Waals surface area contributed by atoms with Gasteiger partial charge in [-0.15, -0.1) is 34.8 Å². The van der Waals surface area contributed by atoms with E-state index in [0.717, 1.165) is 94.4 Å². The second-order valence-electron chi connectivity index (χ2n) is 15.7. The van der Waals surface area contributed by atoms with E-state index < -0.39 is 0 Å².